The Morgan fingerprint density at radius 3 is 2.75 bits per heavy atom. The summed E-state index contributed by atoms with van der Waals surface area (Å²) in [6.45, 7) is 1.97. The molecule has 1 aliphatic rings. The maximum atomic E-state index is 12.1. The first kappa shape index (κ1) is 17.2. The molecule has 1 aliphatic heterocycles. The summed E-state index contributed by atoms with van der Waals surface area (Å²) in [5.74, 6) is 0.444. The first-order valence-corrected chi connectivity index (χ1v) is 8.51. The lowest BCUT2D eigenvalue weighted by Crippen LogP contribution is -2.17. The summed E-state index contributed by atoms with van der Waals surface area (Å²) >= 11 is 1.58. The molecule has 1 atom stereocenters. The fourth-order valence-corrected chi connectivity index (χ4v) is 3.79. The number of benzene rings is 1. The Labute approximate surface area is 142 Å². The van der Waals surface area contributed by atoms with E-state index in [1.165, 1.54) is 12.1 Å². The fourth-order valence-electron chi connectivity index (χ4n) is 2.75. The number of aromatic nitrogens is 2. The van der Waals surface area contributed by atoms with Gasteiger partial charge < -0.3 is 9.72 Å². The summed E-state index contributed by atoms with van der Waals surface area (Å²) < 4.78 is 42.6. The number of nitrogens with zero attached hydrogens (tertiary/aromatic N) is 2. The molecule has 0 radical (unpaired) electrons. The summed E-state index contributed by atoms with van der Waals surface area (Å²) in [6.07, 6.45) is 2.14. The topological polar surface area (TPSA) is 41.1 Å². The third-order valence-corrected chi connectivity index (χ3v) is 4.99. The van der Waals surface area contributed by atoms with Crippen molar-refractivity contribution >= 4 is 11.9 Å². The number of nitrogens with one attached hydrogen (secondary N) is 1. The van der Waals surface area contributed by atoms with Crippen molar-refractivity contribution in [3.63, 3.8) is 0 Å². The van der Waals surface area contributed by atoms with Crippen LogP contribution in [0.2, 0.25) is 0 Å². The molecule has 1 fully saturated rings. The number of imidazole rings is 1. The minimum Gasteiger partial charge on any atom is -0.406 e. The van der Waals surface area contributed by atoms with Crippen molar-refractivity contribution < 1.29 is 17.9 Å². The number of hydrogen-bond donors (Lipinski definition) is 1. The molecule has 24 heavy (non-hydrogen) atoms. The van der Waals surface area contributed by atoms with Crippen LogP contribution in [0.5, 0.6) is 5.75 Å². The van der Waals surface area contributed by atoms with Crippen LogP contribution < -0.4 is 4.74 Å². The molecule has 0 amide bonds. The van der Waals surface area contributed by atoms with Crippen LogP contribution in [0.25, 0.3) is 0 Å². The zero-order chi connectivity index (χ0) is 17.0. The van der Waals surface area contributed by atoms with Gasteiger partial charge in [-0.15, -0.1) is 13.2 Å². The van der Waals surface area contributed by atoms with Crippen LogP contribution in [0.4, 0.5) is 13.2 Å². The zero-order valence-corrected chi connectivity index (χ0v) is 13.7. The third kappa shape index (κ3) is 5.17. The van der Waals surface area contributed by atoms with E-state index in [4.69, 9.17) is 0 Å². The largest absolute Gasteiger partial charge is 0.573 e. The van der Waals surface area contributed by atoms with E-state index in [0.29, 0.717) is 5.92 Å². The molecular weight excluding hydrogens is 339 g/mol. The minimum absolute atomic E-state index is 0.189. The SMILES string of the molecule is FC(F)(F)Oc1ccc(SN2CCC(CCc3cnc[nH]3)C2)cc1. The molecule has 1 aromatic carbocycles. The summed E-state index contributed by atoms with van der Waals surface area (Å²) in [4.78, 5) is 8.04. The number of aromatic amines is 1. The number of alkyl halides is 3. The van der Waals surface area contributed by atoms with E-state index in [0.717, 1.165) is 42.9 Å². The van der Waals surface area contributed by atoms with Gasteiger partial charge in [-0.1, -0.05) is 0 Å². The summed E-state index contributed by atoms with van der Waals surface area (Å²) in [5.41, 5.74) is 1.15. The molecule has 3 rings (SSSR count). The zero-order valence-electron chi connectivity index (χ0n) is 12.9. The molecular formula is C16H18F3N3OS. The Kier molecular flexibility index (Phi) is 5.35. The maximum Gasteiger partial charge on any atom is 0.573 e. The molecule has 1 aromatic heterocycles. The molecule has 0 bridgehead atoms. The molecule has 0 saturated carbocycles. The van der Waals surface area contributed by atoms with Crippen molar-refractivity contribution in [1.29, 1.82) is 0 Å². The second kappa shape index (κ2) is 7.48. The Balaban J connectivity index is 1.45. The highest BCUT2D eigenvalue weighted by Gasteiger charge is 2.31. The van der Waals surface area contributed by atoms with E-state index >= 15 is 0 Å². The molecule has 1 unspecified atom stereocenters. The predicted octanol–water partition coefficient (Wildman–Crippen LogP) is 4.27. The minimum atomic E-state index is -4.65. The number of aryl methyl sites for hydroxylation is 1. The Morgan fingerprint density at radius 1 is 1.29 bits per heavy atom. The monoisotopic (exact) mass is 357 g/mol. The molecule has 4 nitrogen and oxygen atoms in total. The third-order valence-electron chi connectivity index (χ3n) is 3.92. The molecule has 1 N–H and O–H groups in total. The number of H-pyrrole nitrogens is 1. The van der Waals surface area contributed by atoms with E-state index < -0.39 is 6.36 Å². The Bertz CT molecular complexity index is 631. The Morgan fingerprint density at radius 2 is 2.08 bits per heavy atom. The lowest BCUT2D eigenvalue weighted by molar-refractivity contribution is -0.274. The van der Waals surface area contributed by atoms with Crippen molar-refractivity contribution in [1.82, 2.24) is 14.3 Å². The average molecular weight is 357 g/mol. The van der Waals surface area contributed by atoms with Crippen LogP contribution in [0.15, 0.2) is 41.7 Å². The van der Waals surface area contributed by atoms with Crippen LogP contribution in [0, 0.1) is 5.92 Å². The summed E-state index contributed by atoms with van der Waals surface area (Å²) in [5, 5.41) is 0. The highest BCUT2D eigenvalue weighted by Crippen LogP contribution is 2.32. The lowest BCUT2D eigenvalue weighted by atomic mass is 10.0. The number of hydrogen-bond acceptors (Lipinski definition) is 4. The quantitative estimate of drug-likeness (QED) is 0.784. The average Bonchev–Trinajstić information content (AvgIpc) is 3.17. The van der Waals surface area contributed by atoms with Gasteiger partial charge in [0.25, 0.3) is 0 Å². The lowest BCUT2D eigenvalue weighted by Gasteiger charge is -2.15. The standard InChI is InChI=1S/C16H18F3N3OS/c17-16(18,19)23-14-3-5-15(6-4-14)24-22-8-7-12(10-22)1-2-13-9-20-11-21-13/h3-6,9,11-12H,1-2,7-8,10H2,(H,20,21). The number of rotatable bonds is 6. The van der Waals surface area contributed by atoms with Crippen LogP contribution >= 0.6 is 11.9 Å². The van der Waals surface area contributed by atoms with Crippen molar-refractivity contribution in [2.45, 2.75) is 30.5 Å². The van der Waals surface area contributed by atoms with Crippen LogP contribution in [0.3, 0.4) is 0 Å². The van der Waals surface area contributed by atoms with E-state index in [1.54, 1.807) is 30.4 Å². The van der Waals surface area contributed by atoms with E-state index in [2.05, 4.69) is 19.0 Å². The molecule has 130 valence electrons. The van der Waals surface area contributed by atoms with Gasteiger partial charge >= 0.3 is 6.36 Å². The molecule has 0 aliphatic carbocycles. The molecule has 0 spiro atoms. The van der Waals surface area contributed by atoms with Gasteiger partial charge in [-0.3, -0.25) is 0 Å². The Hall–Kier alpha value is -1.67. The molecule has 2 heterocycles. The maximum absolute atomic E-state index is 12.1. The van der Waals surface area contributed by atoms with Crippen molar-refractivity contribution in [2.24, 2.45) is 5.92 Å². The number of halogens is 3. The van der Waals surface area contributed by atoms with Gasteiger partial charge in [-0.05, 0) is 61.4 Å². The first-order chi connectivity index (χ1) is 11.5. The highest BCUT2D eigenvalue weighted by atomic mass is 32.2. The van der Waals surface area contributed by atoms with Gasteiger partial charge in [0.1, 0.15) is 5.75 Å². The summed E-state index contributed by atoms with van der Waals surface area (Å²) in [6, 6.07) is 6.01. The smallest absolute Gasteiger partial charge is 0.406 e. The van der Waals surface area contributed by atoms with E-state index in [9.17, 15) is 13.2 Å². The van der Waals surface area contributed by atoms with Gasteiger partial charge in [0.05, 0.1) is 6.33 Å². The number of ether oxygens (including phenoxy) is 1. The van der Waals surface area contributed by atoms with Gasteiger partial charge in [0.2, 0.25) is 0 Å². The van der Waals surface area contributed by atoms with Gasteiger partial charge in [-0.25, -0.2) is 9.29 Å². The van der Waals surface area contributed by atoms with Crippen molar-refractivity contribution in [2.75, 3.05) is 13.1 Å². The summed E-state index contributed by atoms with van der Waals surface area (Å²) in [7, 11) is 0. The normalized spacial score (nSPS) is 18.9. The highest BCUT2D eigenvalue weighted by molar-refractivity contribution is 7.97. The van der Waals surface area contributed by atoms with E-state index in [1.807, 2.05) is 6.20 Å². The van der Waals surface area contributed by atoms with Gasteiger partial charge in [0.15, 0.2) is 0 Å². The second-order valence-electron chi connectivity index (χ2n) is 5.77. The first-order valence-electron chi connectivity index (χ1n) is 7.74. The van der Waals surface area contributed by atoms with Crippen LogP contribution in [-0.4, -0.2) is 33.7 Å². The van der Waals surface area contributed by atoms with Gasteiger partial charge in [0, 0.05) is 29.9 Å². The van der Waals surface area contributed by atoms with E-state index in [-0.39, 0.29) is 5.75 Å². The molecule has 1 saturated heterocycles. The van der Waals surface area contributed by atoms with Crippen LogP contribution in [0.1, 0.15) is 18.5 Å². The fraction of sp³-hybridized carbons (Fsp3) is 0.438. The second-order valence-corrected chi connectivity index (χ2v) is 6.94. The predicted molar refractivity (Wildman–Crippen MR) is 85.6 cm³/mol. The van der Waals surface area contributed by atoms with Gasteiger partial charge in [-0.2, -0.15) is 0 Å². The van der Waals surface area contributed by atoms with Crippen molar-refractivity contribution in [3.05, 3.63) is 42.5 Å². The van der Waals surface area contributed by atoms with Crippen molar-refractivity contribution in [3.8, 4) is 5.75 Å². The molecule has 2 aromatic rings. The molecule has 8 heteroatoms. The van der Waals surface area contributed by atoms with Crippen LogP contribution in [-0.2, 0) is 6.42 Å².